The molecule has 0 radical (unpaired) electrons. The fourth-order valence-electron chi connectivity index (χ4n) is 5.37. The average molecular weight is 495 g/mol. The lowest BCUT2D eigenvalue weighted by molar-refractivity contribution is -0.135. The molecule has 0 aromatic rings. The van der Waals surface area contributed by atoms with Gasteiger partial charge in [-0.3, -0.25) is 4.79 Å². The minimum absolute atomic E-state index is 0.398. The number of hydrogen-bond acceptors (Lipinski definition) is 3. The van der Waals surface area contributed by atoms with Crippen LogP contribution >= 0.6 is 0 Å². The Labute approximate surface area is 219 Å². The summed E-state index contributed by atoms with van der Waals surface area (Å²) < 4.78 is 5.88. The monoisotopic (exact) mass is 494 g/mol. The second kappa shape index (κ2) is 23.8. The van der Waals surface area contributed by atoms with E-state index in [-0.39, 0.29) is 0 Å². The van der Waals surface area contributed by atoms with Crippen molar-refractivity contribution < 1.29 is 9.53 Å². The van der Waals surface area contributed by atoms with Gasteiger partial charge >= 0.3 is 0 Å². The van der Waals surface area contributed by atoms with Crippen LogP contribution in [0.4, 0.5) is 0 Å². The predicted molar refractivity (Wildman–Crippen MR) is 152 cm³/mol. The van der Waals surface area contributed by atoms with Gasteiger partial charge in [-0.15, -0.1) is 0 Å². The first kappa shape index (κ1) is 32.4. The van der Waals surface area contributed by atoms with Crippen molar-refractivity contribution in [1.29, 1.82) is 0 Å². The van der Waals surface area contributed by atoms with E-state index in [4.69, 9.17) is 4.74 Å². The number of ether oxygens (including phenoxy) is 1. The molecule has 1 saturated heterocycles. The van der Waals surface area contributed by atoms with E-state index in [0.29, 0.717) is 11.9 Å². The van der Waals surface area contributed by atoms with Crippen LogP contribution in [0.1, 0.15) is 148 Å². The van der Waals surface area contributed by atoms with Crippen LogP contribution in [0, 0.1) is 0 Å². The fraction of sp³-hybridized carbons (Fsp3) is 0.968. The quantitative estimate of drug-likeness (QED) is 0.126. The maximum Gasteiger partial charge on any atom is 0.222 e. The molecule has 1 amide bonds. The van der Waals surface area contributed by atoms with Gasteiger partial charge in [-0.25, -0.2) is 0 Å². The lowest BCUT2D eigenvalue weighted by Crippen LogP contribution is -2.44. The summed E-state index contributed by atoms with van der Waals surface area (Å²) in [6.45, 7) is 6.04. The summed E-state index contributed by atoms with van der Waals surface area (Å²) >= 11 is 0. The molecule has 208 valence electrons. The number of rotatable bonds is 24. The molecule has 0 saturated carbocycles. The number of hydrogen-bond donors (Lipinski definition) is 0. The number of amides is 1. The molecule has 0 spiro atoms. The summed E-state index contributed by atoms with van der Waals surface area (Å²) in [7, 11) is 4.24. The topological polar surface area (TPSA) is 32.8 Å². The third kappa shape index (κ3) is 19.2. The zero-order valence-electron chi connectivity index (χ0n) is 24.2. The highest BCUT2D eigenvalue weighted by Gasteiger charge is 2.25. The molecule has 1 rings (SSSR count). The second-order valence-electron chi connectivity index (χ2n) is 11.3. The fourth-order valence-corrected chi connectivity index (χ4v) is 5.37. The smallest absolute Gasteiger partial charge is 0.222 e. The molecular weight excluding hydrogens is 432 g/mol. The van der Waals surface area contributed by atoms with Gasteiger partial charge in [0.1, 0.15) is 0 Å². The van der Waals surface area contributed by atoms with E-state index in [0.717, 1.165) is 58.4 Å². The van der Waals surface area contributed by atoms with Crippen LogP contribution in [0.5, 0.6) is 0 Å². The van der Waals surface area contributed by atoms with Crippen LogP contribution < -0.4 is 0 Å². The number of nitrogens with zero attached hydrogens (tertiary/aromatic N) is 2. The summed E-state index contributed by atoms with van der Waals surface area (Å²) in [4.78, 5) is 17.3. The number of likely N-dealkylation sites (tertiary alicyclic amines) is 1. The molecule has 1 fully saturated rings. The van der Waals surface area contributed by atoms with Gasteiger partial charge < -0.3 is 14.5 Å². The summed E-state index contributed by atoms with van der Waals surface area (Å²) in [6.07, 6.45) is 28.2. The van der Waals surface area contributed by atoms with Crippen molar-refractivity contribution in [3.8, 4) is 0 Å². The Kier molecular flexibility index (Phi) is 22.0. The number of piperidine rings is 1. The molecule has 1 unspecified atom stereocenters. The van der Waals surface area contributed by atoms with Crippen molar-refractivity contribution in [1.82, 2.24) is 9.80 Å². The molecule has 0 bridgehead atoms. The van der Waals surface area contributed by atoms with Crippen molar-refractivity contribution in [3.05, 3.63) is 0 Å². The summed E-state index contributed by atoms with van der Waals surface area (Å²) in [5, 5.41) is 0. The molecule has 0 N–H and O–H groups in total. The van der Waals surface area contributed by atoms with E-state index in [1.165, 1.54) is 109 Å². The van der Waals surface area contributed by atoms with E-state index in [1.54, 1.807) is 0 Å². The molecular formula is C31H62N2O2. The van der Waals surface area contributed by atoms with E-state index in [9.17, 15) is 4.79 Å². The van der Waals surface area contributed by atoms with Crippen molar-refractivity contribution >= 4 is 5.91 Å². The zero-order chi connectivity index (χ0) is 25.4. The lowest BCUT2D eigenvalue weighted by atomic mass is 9.98. The van der Waals surface area contributed by atoms with Gasteiger partial charge in [0.2, 0.25) is 5.91 Å². The molecule has 1 heterocycles. The van der Waals surface area contributed by atoms with Crippen LogP contribution in [0.2, 0.25) is 0 Å². The SMILES string of the molecule is CCCCCCCCCCCCCCCCCC(=O)N1CCCCC1CCOCCCCN(C)C. The summed E-state index contributed by atoms with van der Waals surface area (Å²) in [6, 6.07) is 0.411. The molecule has 4 nitrogen and oxygen atoms in total. The van der Waals surface area contributed by atoms with E-state index < -0.39 is 0 Å². The standard InChI is InChI=1S/C31H62N2O2/c1-4-5-6-7-8-9-10-11-12-13-14-15-16-17-18-24-31(34)33-27-20-19-23-30(33)25-29-35-28-22-21-26-32(2)3/h30H,4-29H2,1-3H3. The van der Waals surface area contributed by atoms with Gasteiger partial charge in [0.05, 0.1) is 0 Å². The first-order valence-electron chi connectivity index (χ1n) is 15.7. The first-order valence-corrected chi connectivity index (χ1v) is 15.7. The van der Waals surface area contributed by atoms with Crippen LogP contribution in [0.25, 0.3) is 0 Å². The highest BCUT2D eigenvalue weighted by molar-refractivity contribution is 5.76. The third-order valence-electron chi connectivity index (χ3n) is 7.68. The molecule has 0 aromatic heterocycles. The highest BCUT2D eigenvalue weighted by atomic mass is 16.5. The van der Waals surface area contributed by atoms with Gasteiger partial charge in [0.15, 0.2) is 0 Å². The molecule has 4 heteroatoms. The first-order chi connectivity index (χ1) is 17.1. The molecule has 0 aromatic carbocycles. The molecule has 35 heavy (non-hydrogen) atoms. The minimum Gasteiger partial charge on any atom is -0.381 e. The third-order valence-corrected chi connectivity index (χ3v) is 7.68. The number of carbonyl (C=O) groups is 1. The predicted octanol–water partition coefficient (Wildman–Crippen LogP) is 8.38. The maximum absolute atomic E-state index is 12.9. The van der Waals surface area contributed by atoms with Crippen molar-refractivity contribution in [3.63, 3.8) is 0 Å². The largest absolute Gasteiger partial charge is 0.381 e. The van der Waals surface area contributed by atoms with Gasteiger partial charge in [-0.1, -0.05) is 96.8 Å². The van der Waals surface area contributed by atoms with Gasteiger partial charge in [-0.2, -0.15) is 0 Å². The average Bonchev–Trinajstić information content (AvgIpc) is 2.85. The van der Waals surface area contributed by atoms with Crippen molar-refractivity contribution in [2.75, 3.05) is 40.4 Å². The normalized spacial score (nSPS) is 16.3. The highest BCUT2D eigenvalue weighted by Crippen LogP contribution is 2.22. The molecule has 1 aliphatic rings. The second-order valence-corrected chi connectivity index (χ2v) is 11.3. The Bertz CT molecular complexity index is 469. The Hall–Kier alpha value is -0.610. The Morgan fingerprint density at radius 3 is 1.89 bits per heavy atom. The Morgan fingerprint density at radius 2 is 1.31 bits per heavy atom. The van der Waals surface area contributed by atoms with E-state index in [2.05, 4.69) is 30.8 Å². The number of carbonyl (C=O) groups excluding carboxylic acids is 1. The molecule has 1 atom stereocenters. The van der Waals surface area contributed by atoms with Crippen LogP contribution in [-0.4, -0.2) is 62.1 Å². The lowest BCUT2D eigenvalue weighted by Gasteiger charge is -2.36. The van der Waals surface area contributed by atoms with E-state index in [1.807, 2.05) is 0 Å². The van der Waals surface area contributed by atoms with Crippen molar-refractivity contribution in [2.24, 2.45) is 0 Å². The van der Waals surface area contributed by atoms with Gasteiger partial charge in [0, 0.05) is 32.2 Å². The van der Waals surface area contributed by atoms with E-state index >= 15 is 0 Å². The van der Waals surface area contributed by atoms with Crippen LogP contribution in [0.15, 0.2) is 0 Å². The Balaban J connectivity index is 1.96. The Morgan fingerprint density at radius 1 is 0.743 bits per heavy atom. The zero-order valence-corrected chi connectivity index (χ0v) is 24.2. The summed E-state index contributed by atoms with van der Waals surface area (Å²) in [5.74, 6) is 0.398. The van der Waals surface area contributed by atoms with Gasteiger partial charge in [-0.05, 0) is 65.6 Å². The number of unbranched alkanes of at least 4 members (excludes halogenated alkanes) is 15. The summed E-state index contributed by atoms with van der Waals surface area (Å²) in [5.41, 5.74) is 0. The molecule has 1 aliphatic heterocycles. The van der Waals surface area contributed by atoms with Crippen LogP contribution in [0.3, 0.4) is 0 Å². The maximum atomic E-state index is 12.9. The van der Waals surface area contributed by atoms with Crippen LogP contribution in [-0.2, 0) is 9.53 Å². The van der Waals surface area contributed by atoms with Crippen molar-refractivity contribution in [2.45, 2.75) is 154 Å². The molecule has 0 aliphatic carbocycles. The van der Waals surface area contributed by atoms with Gasteiger partial charge in [0.25, 0.3) is 0 Å². The minimum atomic E-state index is 0.398.